The van der Waals surface area contributed by atoms with Crippen LogP contribution in [0.2, 0.25) is 0 Å². The third-order valence-electron chi connectivity index (χ3n) is 6.34. The van der Waals surface area contributed by atoms with Gasteiger partial charge in [0.2, 0.25) is 11.8 Å². The molecule has 0 radical (unpaired) electrons. The number of rotatable bonds is 3. The van der Waals surface area contributed by atoms with Crippen LogP contribution in [0.5, 0.6) is 0 Å². The summed E-state index contributed by atoms with van der Waals surface area (Å²) in [6.45, 7) is 0. The minimum atomic E-state index is -4.50. The zero-order chi connectivity index (χ0) is 21.9. The average Bonchev–Trinajstić information content (AvgIpc) is 3.42. The number of allylic oxidation sites excluding steroid dienone is 2. The van der Waals surface area contributed by atoms with E-state index in [0.29, 0.717) is 0 Å². The molecule has 0 aromatic heterocycles. The first-order chi connectivity index (χ1) is 14.8. The van der Waals surface area contributed by atoms with Crippen LogP contribution in [0.3, 0.4) is 0 Å². The number of benzene rings is 2. The van der Waals surface area contributed by atoms with Crippen LogP contribution in [0, 0.1) is 23.7 Å². The number of nitrogens with zero attached hydrogens (tertiary/aromatic N) is 1. The standard InChI is InChI=1S/C23H17F3N2O3/c24-23(25,26)15-9-7-12(8-10-15)20(29)27-16-3-1-2-4-17(16)28-21(30)18-13-5-6-14(11-13)19(18)22(28)31/h1-10,13-14,18-19H,11H2,(H,27,29). The number of nitrogens with one attached hydrogen (secondary N) is 1. The molecule has 5 nitrogen and oxygen atoms in total. The second kappa shape index (κ2) is 6.80. The third kappa shape index (κ3) is 3.05. The Hall–Kier alpha value is -3.42. The van der Waals surface area contributed by atoms with Crippen molar-refractivity contribution in [3.63, 3.8) is 0 Å². The summed E-state index contributed by atoms with van der Waals surface area (Å²) in [5.41, 5.74) is -0.311. The van der Waals surface area contributed by atoms with E-state index < -0.39 is 17.6 Å². The Labute approximate surface area is 175 Å². The molecule has 2 fully saturated rings. The first-order valence-corrected chi connectivity index (χ1v) is 9.89. The molecule has 1 saturated carbocycles. The topological polar surface area (TPSA) is 66.5 Å². The average molecular weight is 426 g/mol. The van der Waals surface area contributed by atoms with E-state index in [0.717, 1.165) is 35.6 Å². The molecule has 31 heavy (non-hydrogen) atoms. The molecule has 158 valence electrons. The zero-order valence-corrected chi connectivity index (χ0v) is 16.1. The van der Waals surface area contributed by atoms with Gasteiger partial charge in [0.25, 0.3) is 5.91 Å². The molecule has 2 aliphatic carbocycles. The highest BCUT2D eigenvalue weighted by atomic mass is 19.4. The Morgan fingerprint density at radius 2 is 1.48 bits per heavy atom. The monoisotopic (exact) mass is 426 g/mol. The van der Waals surface area contributed by atoms with Crippen molar-refractivity contribution >= 4 is 29.1 Å². The van der Waals surface area contributed by atoms with E-state index in [-0.39, 0.29) is 52.4 Å². The van der Waals surface area contributed by atoms with Crippen molar-refractivity contribution in [1.29, 1.82) is 0 Å². The Balaban J connectivity index is 1.41. The molecule has 1 aliphatic heterocycles. The second-order valence-corrected chi connectivity index (χ2v) is 8.06. The summed E-state index contributed by atoms with van der Waals surface area (Å²) in [5, 5.41) is 2.62. The van der Waals surface area contributed by atoms with E-state index in [1.165, 1.54) is 0 Å². The van der Waals surface area contributed by atoms with Crippen LogP contribution in [-0.4, -0.2) is 17.7 Å². The number of amides is 3. The number of carbonyl (C=O) groups excluding carboxylic acids is 3. The summed E-state index contributed by atoms with van der Waals surface area (Å²) in [5.74, 6) is -1.81. The molecule has 1 heterocycles. The summed E-state index contributed by atoms with van der Waals surface area (Å²) in [4.78, 5) is 39.9. The molecular weight excluding hydrogens is 409 g/mol. The van der Waals surface area contributed by atoms with Crippen molar-refractivity contribution in [2.45, 2.75) is 12.6 Å². The van der Waals surface area contributed by atoms with Crippen LogP contribution >= 0.6 is 0 Å². The minimum absolute atomic E-state index is 0.0287. The Bertz CT molecular complexity index is 1090. The lowest BCUT2D eigenvalue weighted by Crippen LogP contribution is -2.33. The van der Waals surface area contributed by atoms with Gasteiger partial charge in [-0.2, -0.15) is 13.2 Å². The van der Waals surface area contributed by atoms with Gasteiger partial charge in [-0.3, -0.25) is 14.4 Å². The van der Waals surface area contributed by atoms with Crippen molar-refractivity contribution in [3.8, 4) is 0 Å². The molecule has 4 unspecified atom stereocenters. The molecule has 2 bridgehead atoms. The highest BCUT2D eigenvalue weighted by Gasteiger charge is 2.59. The van der Waals surface area contributed by atoms with Crippen molar-refractivity contribution in [1.82, 2.24) is 0 Å². The molecule has 1 saturated heterocycles. The maximum Gasteiger partial charge on any atom is 0.416 e. The summed E-state index contributed by atoms with van der Waals surface area (Å²) >= 11 is 0. The summed E-state index contributed by atoms with van der Waals surface area (Å²) < 4.78 is 38.2. The van der Waals surface area contributed by atoms with Crippen LogP contribution in [-0.2, 0) is 15.8 Å². The zero-order valence-electron chi connectivity index (χ0n) is 16.1. The van der Waals surface area contributed by atoms with E-state index in [1.54, 1.807) is 24.3 Å². The van der Waals surface area contributed by atoms with Gasteiger partial charge in [-0.25, -0.2) is 4.90 Å². The SMILES string of the molecule is O=C(Nc1ccccc1N1C(=O)C2C3C=CC(C3)C2C1=O)c1ccc(C(F)(F)F)cc1. The lowest BCUT2D eigenvalue weighted by Gasteiger charge is -2.21. The molecule has 3 amide bonds. The van der Waals surface area contributed by atoms with Crippen molar-refractivity contribution in [2.75, 3.05) is 10.2 Å². The molecule has 2 aromatic carbocycles. The first-order valence-electron chi connectivity index (χ1n) is 9.89. The quantitative estimate of drug-likeness (QED) is 0.589. The van der Waals surface area contributed by atoms with Gasteiger partial charge in [0, 0.05) is 5.56 Å². The number of halogens is 3. The Morgan fingerprint density at radius 3 is 2.06 bits per heavy atom. The van der Waals surface area contributed by atoms with Crippen molar-refractivity contribution in [3.05, 3.63) is 71.8 Å². The van der Waals surface area contributed by atoms with Gasteiger partial charge in [-0.05, 0) is 54.7 Å². The van der Waals surface area contributed by atoms with Crippen LogP contribution < -0.4 is 10.2 Å². The molecule has 3 aliphatic rings. The van der Waals surface area contributed by atoms with Crippen LogP contribution in [0.1, 0.15) is 22.3 Å². The lowest BCUT2D eigenvalue weighted by molar-refractivity contribution is -0.137. The number of anilines is 2. The summed E-state index contributed by atoms with van der Waals surface area (Å²) in [6, 6.07) is 10.3. The van der Waals surface area contributed by atoms with E-state index in [1.807, 2.05) is 12.2 Å². The fourth-order valence-corrected chi connectivity index (χ4v) is 4.92. The van der Waals surface area contributed by atoms with Gasteiger partial charge >= 0.3 is 6.18 Å². The molecular formula is C23H17F3N2O3. The van der Waals surface area contributed by atoms with Gasteiger partial charge < -0.3 is 5.32 Å². The Morgan fingerprint density at radius 1 is 0.903 bits per heavy atom. The largest absolute Gasteiger partial charge is 0.416 e. The van der Waals surface area contributed by atoms with Crippen molar-refractivity contribution in [2.24, 2.45) is 23.7 Å². The number of fused-ring (bicyclic) bond motifs is 5. The predicted molar refractivity (Wildman–Crippen MR) is 106 cm³/mol. The van der Waals surface area contributed by atoms with Crippen molar-refractivity contribution < 1.29 is 27.6 Å². The van der Waals surface area contributed by atoms with Crippen LogP contribution in [0.25, 0.3) is 0 Å². The van der Waals surface area contributed by atoms with Gasteiger partial charge in [0.15, 0.2) is 0 Å². The van der Waals surface area contributed by atoms with E-state index in [2.05, 4.69) is 5.32 Å². The Kier molecular flexibility index (Phi) is 4.28. The maximum atomic E-state index is 13.1. The highest BCUT2D eigenvalue weighted by Crippen LogP contribution is 2.53. The number of carbonyl (C=O) groups is 3. The number of imide groups is 1. The number of hydrogen-bond acceptors (Lipinski definition) is 3. The van der Waals surface area contributed by atoms with Gasteiger partial charge in [0.1, 0.15) is 0 Å². The normalized spacial score (nSPS) is 26.5. The fourth-order valence-electron chi connectivity index (χ4n) is 4.92. The predicted octanol–water partition coefficient (Wildman–Crippen LogP) is 4.27. The van der Waals surface area contributed by atoms with Gasteiger partial charge in [-0.1, -0.05) is 24.3 Å². The molecule has 0 spiro atoms. The third-order valence-corrected chi connectivity index (χ3v) is 6.34. The molecule has 8 heteroatoms. The van der Waals surface area contributed by atoms with Crippen LogP contribution in [0.15, 0.2) is 60.7 Å². The molecule has 1 N–H and O–H groups in total. The molecule has 2 aromatic rings. The minimum Gasteiger partial charge on any atom is -0.320 e. The highest BCUT2D eigenvalue weighted by molar-refractivity contribution is 6.24. The lowest BCUT2D eigenvalue weighted by atomic mass is 9.85. The fraction of sp³-hybridized carbons (Fsp3) is 0.261. The molecule has 5 rings (SSSR count). The maximum absolute atomic E-state index is 13.1. The van der Waals surface area contributed by atoms with E-state index in [9.17, 15) is 27.6 Å². The van der Waals surface area contributed by atoms with E-state index in [4.69, 9.17) is 0 Å². The first kappa shape index (κ1) is 19.5. The van der Waals surface area contributed by atoms with Gasteiger partial charge in [0.05, 0.1) is 28.8 Å². The number of para-hydroxylation sites is 2. The molecule has 4 atom stereocenters. The summed E-state index contributed by atoms with van der Waals surface area (Å²) in [7, 11) is 0. The van der Waals surface area contributed by atoms with Gasteiger partial charge in [-0.15, -0.1) is 0 Å². The second-order valence-electron chi connectivity index (χ2n) is 8.06. The van der Waals surface area contributed by atoms with E-state index >= 15 is 0 Å². The number of alkyl halides is 3. The summed E-state index contributed by atoms with van der Waals surface area (Å²) in [6.07, 6.45) is 0.314. The van der Waals surface area contributed by atoms with Crippen LogP contribution in [0.4, 0.5) is 24.5 Å². The number of hydrogen-bond donors (Lipinski definition) is 1. The smallest absolute Gasteiger partial charge is 0.320 e.